The molecule has 0 unspecified atom stereocenters. The lowest BCUT2D eigenvalue weighted by Gasteiger charge is -2.12. The second-order valence-corrected chi connectivity index (χ2v) is 6.77. The van der Waals surface area contributed by atoms with Gasteiger partial charge in [-0.15, -0.1) is 0 Å². The zero-order chi connectivity index (χ0) is 21.3. The Morgan fingerprint density at radius 3 is 2.27 bits per heavy atom. The van der Waals surface area contributed by atoms with Gasteiger partial charge in [-0.3, -0.25) is 4.79 Å². The number of hydrogen-bond acceptors (Lipinski definition) is 5. The summed E-state index contributed by atoms with van der Waals surface area (Å²) in [5, 5.41) is 3.64. The number of aryl methyl sites for hydroxylation is 1. The number of halogens is 1. The first-order valence-corrected chi connectivity index (χ1v) is 9.32. The third-order valence-electron chi connectivity index (χ3n) is 4.87. The van der Waals surface area contributed by atoms with Crippen molar-refractivity contribution < 1.29 is 18.3 Å². The van der Waals surface area contributed by atoms with E-state index in [2.05, 4.69) is 5.32 Å². The van der Waals surface area contributed by atoms with Crippen molar-refractivity contribution in [1.29, 1.82) is 0 Å². The van der Waals surface area contributed by atoms with Gasteiger partial charge in [0.2, 0.25) is 5.43 Å². The highest BCUT2D eigenvalue weighted by atomic mass is 19.1. The van der Waals surface area contributed by atoms with Gasteiger partial charge in [0.25, 0.3) is 0 Å². The number of ether oxygens (including phenoxy) is 2. The van der Waals surface area contributed by atoms with E-state index in [1.165, 1.54) is 12.1 Å². The predicted octanol–water partition coefficient (Wildman–Crippen LogP) is 5.67. The van der Waals surface area contributed by atoms with Crippen LogP contribution in [0.2, 0.25) is 0 Å². The molecule has 6 heteroatoms. The molecule has 0 saturated carbocycles. The molecule has 0 aliphatic heterocycles. The van der Waals surface area contributed by atoms with Gasteiger partial charge in [0, 0.05) is 17.4 Å². The predicted molar refractivity (Wildman–Crippen MR) is 115 cm³/mol. The second-order valence-electron chi connectivity index (χ2n) is 6.77. The molecule has 0 aliphatic rings. The van der Waals surface area contributed by atoms with Crippen molar-refractivity contribution in [3.05, 3.63) is 82.5 Å². The molecular formula is C24H20FNO4. The Kier molecular flexibility index (Phi) is 5.14. The zero-order valence-electron chi connectivity index (χ0n) is 16.8. The molecule has 0 fully saturated rings. The SMILES string of the molecule is COc1ccc(-c2c(C)oc3cc(Nc4ccc(F)cc4)ccc3c2=O)cc1OC. The topological polar surface area (TPSA) is 60.7 Å². The standard InChI is InChI=1S/C24H20FNO4/c1-14-23(15-4-11-20(28-2)22(12-15)29-3)24(27)19-10-9-18(13-21(19)30-14)26-17-7-5-16(25)6-8-17/h4-13,26H,1-3H3. The molecule has 0 amide bonds. The Morgan fingerprint density at radius 1 is 0.867 bits per heavy atom. The minimum Gasteiger partial charge on any atom is -0.493 e. The molecule has 152 valence electrons. The minimum atomic E-state index is -0.302. The molecular weight excluding hydrogens is 385 g/mol. The molecule has 30 heavy (non-hydrogen) atoms. The molecule has 1 aromatic heterocycles. The van der Waals surface area contributed by atoms with Crippen molar-refractivity contribution >= 4 is 22.3 Å². The highest BCUT2D eigenvalue weighted by Crippen LogP contribution is 2.33. The third-order valence-corrected chi connectivity index (χ3v) is 4.87. The molecule has 0 saturated heterocycles. The number of rotatable bonds is 5. The van der Waals surface area contributed by atoms with Crippen LogP contribution >= 0.6 is 0 Å². The normalized spacial score (nSPS) is 10.8. The van der Waals surface area contributed by atoms with Crippen molar-refractivity contribution in [3.63, 3.8) is 0 Å². The molecule has 0 spiro atoms. The number of nitrogens with one attached hydrogen (secondary N) is 1. The van der Waals surface area contributed by atoms with Crippen LogP contribution in [0.25, 0.3) is 22.1 Å². The lowest BCUT2D eigenvalue weighted by molar-refractivity contribution is 0.355. The molecule has 1 N–H and O–H groups in total. The maximum Gasteiger partial charge on any atom is 0.200 e. The van der Waals surface area contributed by atoms with E-state index >= 15 is 0 Å². The van der Waals surface area contributed by atoms with Gasteiger partial charge in [0.05, 0.1) is 25.2 Å². The van der Waals surface area contributed by atoms with E-state index in [-0.39, 0.29) is 11.2 Å². The van der Waals surface area contributed by atoms with Crippen LogP contribution in [0.3, 0.4) is 0 Å². The molecule has 0 bridgehead atoms. The Morgan fingerprint density at radius 2 is 1.57 bits per heavy atom. The average Bonchev–Trinajstić information content (AvgIpc) is 2.75. The first kappa shape index (κ1) is 19.5. The van der Waals surface area contributed by atoms with E-state index in [4.69, 9.17) is 13.9 Å². The highest BCUT2D eigenvalue weighted by molar-refractivity contribution is 5.86. The minimum absolute atomic E-state index is 0.130. The molecule has 4 rings (SSSR count). The van der Waals surface area contributed by atoms with Crippen LogP contribution in [0.4, 0.5) is 15.8 Å². The lowest BCUT2D eigenvalue weighted by atomic mass is 10.0. The highest BCUT2D eigenvalue weighted by Gasteiger charge is 2.16. The van der Waals surface area contributed by atoms with E-state index in [1.807, 2.05) is 0 Å². The summed E-state index contributed by atoms with van der Waals surface area (Å²) < 4.78 is 29.7. The summed E-state index contributed by atoms with van der Waals surface area (Å²) in [6.07, 6.45) is 0. The number of anilines is 2. The van der Waals surface area contributed by atoms with E-state index in [0.29, 0.717) is 39.4 Å². The lowest BCUT2D eigenvalue weighted by Crippen LogP contribution is -2.08. The molecule has 0 radical (unpaired) electrons. The van der Waals surface area contributed by atoms with Crippen molar-refractivity contribution in [1.82, 2.24) is 0 Å². The molecule has 4 aromatic rings. The van der Waals surface area contributed by atoms with Crippen LogP contribution < -0.4 is 20.2 Å². The van der Waals surface area contributed by atoms with Gasteiger partial charge >= 0.3 is 0 Å². The van der Waals surface area contributed by atoms with Gasteiger partial charge in [0.15, 0.2) is 11.5 Å². The fourth-order valence-corrected chi connectivity index (χ4v) is 3.41. The summed E-state index contributed by atoms with van der Waals surface area (Å²) in [7, 11) is 3.11. The summed E-state index contributed by atoms with van der Waals surface area (Å²) in [4.78, 5) is 13.2. The van der Waals surface area contributed by atoms with Gasteiger partial charge in [-0.05, 0) is 61.0 Å². The number of methoxy groups -OCH3 is 2. The van der Waals surface area contributed by atoms with Crippen molar-refractivity contribution in [2.45, 2.75) is 6.92 Å². The van der Waals surface area contributed by atoms with Crippen LogP contribution in [-0.2, 0) is 0 Å². The molecule has 1 heterocycles. The van der Waals surface area contributed by atoms with Crippen molar-refractivity contribution in [2.24, 2.45) is 0 Å². The van der Waals surface area contributed by atoms with E-state index in [0.717, 1.165) is 11.4 Å². The largest absolute Gasteiger partial charge is 0.493 e. The maximum absolute atomic E-state index is 13.2. The maximum atomic E-state index is 13.2. The fraction of sp³-hybridized carbons (Fsp3) is 0.125. The summed E-state index contributed by atoms with van der Waals surface area (Å²) in [5.74, 6) is 1.32. The zero-order valence-corrected chi connectivity index (χ0v) is 16.8. The monoisotopic (exact) mass is 405 g/mol. The van der Waals surface area contributed by atoms with Crippen LogP contribution in [0.15, 0.2) is 69.9 Å². The van der Waals surface area contributed by atoms with E-state index in [9.17, 15) is 9.18 Å². The number of hydrogen-bond donors (Lipinski definition) is 1. The van der Waals surface area contributed by atoms with E-state index < -0.39 is 0 Å². The third kappa shape index (κ3) is 3.59. The van der Waals surface area contributed by atoms with Gasteiger partial charge in [-0.1, -0.05) is 6.07 Å². The quantitative estimate of drug-likeness (QED) is 0.464. The molecule has 3 aromatic carbocycles. The Hall–Kier alpha value is -3.80. The Labute approximate surface area is 172 Å². The summed E-state index contributed by atoms with van der Waals surface area (Å²) >= 11 is 0. The first-order valence-electron chi connectivity index (χ1n) is 9.32. The molecule has 0 atom stereocenters. The Bertz CT molecular complexity index is 1280. The molecule has 0 aliphatic carbocycles. The van der Waals surface area contributed by atoms with Crippen molar-refractivity contribution in [3.8, 4) is 22.6 Å². The van der Waals surface area contributed by atoms with Crippen LogP contribution in [0.5, 0.6) is 11.5 Å². The second kappa shape index (κ2) is 7.91. The molecule has 5 nitrogen and oxygen atoms in total. The van der Waals surface area contributed by atoms with E-state index in [1.54, 1.807) is 69.7 Å². The van der Waals surface area contributed by atoms with Gasteiger partial charge < -0.3 is 19.2 Å². The van der Waals surface area contributed by atoms with Crippen LogP contribution in [0, 0.1) is 12.7 Å². The average molecular weight is 405 g/mol. The van der Waals surface area contributed by atoms with Gasteiger partial charge in [-0.25, -0.2) is 4.39 Å². The summed E-state index contributed by atoms with van der Waals surface area (Å²) in [5.41, 5.74) is 2.97. The van der Waals surface area contributed by atoms with Crippen molar-refractivity contribution in [2.75, 3.05) is 19.5 Å². The Balaban J connectivity index is 1.77. The summed E-state index contributed by atoms with van der Waals surface area (Å²) in [6.45, 7) is 1.76. The summed E-state index contributed by atoms with van der Waals surface area (Å²) in [6, 6.07) is 16.6. The van der Waals surface area contributed by atoms with Gasteiger partial charge in [0.1, 0.15) is 17.2 Å². The van der Waals surface area contributed by atoms with Crippen LogP contribution in [-0.4, -0.2) is 14.2 Å². The smallest absolute Gasteiger partial charge is 0.200 e. The fourth-order valence-electron chi connectivity index (χ4n) is 3.41. The van der Waals surface area contributed by atoms with Crippen LogP contribution in [0.1, 0.15) is 5.76 Å². The van der Waals surface area contributed by atoms with Gasteiger partial charge in [-0.2, -0.15) is 0 Å². The first-order chi connectivity index (χ1) is 14.5. The number of benzene rings is 3. The number of fused-ring (bicyclic) bond motifs is 1.